The highest BCUT2D eigenvalue weighted by Crippen LogP contribution is 2.18. The second-order valence-corrected chi connectivity index (χ2v) is 6.48. The number of sulfone groups is 1. The Labute approximate surface area is 99.3 Å². The minimum Gasteiger partial charge on any atom is -0.481 e. The van der Waals surface area contributed by atoms with E-state index in [1.165, 1.54) is 0 Å². The van der Waals surface area contributed by atoms with Gasteiger partial charge in [-0.25, -0.2) is 8.42 Å². The summed E-state index contributed by atoms with van der Waals surface area (Å²) in [5, 5.41) is 10.3. The summed E-state index contributed by atoms with van der Waals surface area (Å²) in [4.78, 5) is 21.7. The van der Waals surface area contributed by atoms with Gasteiger partial charge in [-0.1, -0.05) is 0 Å². The fourth-order valence-corrected chi connectivity index (χ4v) is 3.48. The summed E-state index contributed by atoms with van der Waals surface area (Å²) < 4.78 is 22.9. The molecule has 7 nitrogen and oxygen atoms in total. The van der Waals surface area contributed by atoms with Crippen molar-refractivity contribution in [3.63, 3.8) is 0 Å². The molecular weight excluding hydrogens is 248 g/mol. The number of carboxylic acid groups (broad SMARTS) is 1. The molecule has 17 heavy (non-hydrogen) atoms. The van der Waals surface area contributed by atoms with Crippen molar-refractivity contribution in [3.8, 4) is 0 Å². The Bertz CT molecular complexity index is 406. The van der Waals surface area contributed by atoms with Crippen molar-refractivity contribution in [2.24, 2.45) is 5.73 Å². The first-order valence-corrected chi connectivity index (χ1v) is 7.01. The topological polar surface area (TPSA) is 127 Å². The second-order valence-electron chi connectivity index (χ2n) is 4.08. The monoisotopic (exact) mass is 264 g/mol. The van der Waals surface area contributed by atoms with Crippen molar-refractivity contribution in [2.75, 3.05) is 12.3 Å². The van der Waals surface area contributed by atoms with Crippen LogP contribution in [0.4, 0.5) is 0 Å². The summed E-state index contributed by atoms with van der Waals surface area (Å²) in [6.45, 7) is 0.00842. The van der Waals surface area contributed by atoms with E-state index in [4.69, 9.17) is 10.8 Å². The van der Waals surface area contributed by atoms with Crippen LogP contribution in [0.1, 0.15) is 19.3 Å². The third-order valence-electron chi connectivity index (χ3n) is 2.70. The van der Waals surface area contributed by atoms with E-state index in [1.54, 1.807) is 0 Å². The number of nitrogens with one attached hydrogen (secondary N) is 1. The van der Waals surface area contributed by atoms with E-state index in [-0.39, 0.29) is 12.3 Å². The highest BCUT2D eigenvalue weighted by Gasteiger charge is 2.31. The largest absolute Gasteiger partial charge is 0.481 e. The van der Waals surface area contributed by atoms with Gasteiger partial charge in [-0.3, -0.25) is 9.59 Å². The Hall–Kier alpha value is -1.15. The maximum absolute atomic E-state index is 11.4. The number of amides is 1. The number of carboxylic acids is 1. The molecule has 1 fully saturated rings. The Morgan fingerprint density at radius 2 is 2.12 bits per heavy atom. The molecule has 0 saturated carbocycles. The van der Waals surface area contributed by atoms with Gasteiger partial charge >= 0.3 is 5.97 Å². The quantitative estimate of drug-likeness (QED) is 0.553. The lowest BCUT2D eigenvalue weighted by atomic mass is 10.2. The summed E-state index contributed by atoms with van der Waals surface area (Å²) in [6.07, 6.45) is 0.657. The van der Waals surface area contributed by atoms with E-state index in [1.807, 2.05) is 0 Å². The molecule has 2 atom stereocenters. The standard InChI is InChI=1S/C9H16N2O5S/c10-7(4-8(12)13)9(14)11-5-6-2-1-3-17(6,15)16/h6-7H,1-5,10H2,(H,11,14)(H,12,13). The predicted octanol–water partition coefficient (Wildman–Crippen LogP) is -1.52. The molecule has 0 bridgehead atoms. The lowest BCUT2D eigenvalue weighted by Crippen LogP contribution is -2.45. The van der Waals surface area contributed by atoms with Crippen molar-refractivity contribution in [1.29, 1.82) is 0 Å². The molecule has 98 valence electrons. The van der Waals surface area contributed by atoms with E-state index in [9.17, 15) is 18.0 Å². The summed E-state index contributed by atoms with van der Waals surface area (Å²) >= 11 is 0. The highest BCUT2D eigenvalue weighted by molar-refractivity contribution is 7.92. The van der Waals surface area contributed by atoms with E-state index >= 15 is 0 Å². The molecule has 4 N–H and O–H groups in total. The van der Waals surface area contributed by atoms with Gasteiger partial charge in [-0.2, -0.15) is 0 Å². The summed E-state index contributed by atoms with van der Waals surface area (Å²) in [7, 11) is -3.10. The predicted molar refractivity (Wildman–Crippen MR) is 60.0 cm³/mol. The molecule has 1 aliphatic rings. The SMILES string of the molecule is NC(CC(=O)O)C(=O)NCC1CCCS1(=O)=O. The first kappa shape index (κ1) is 13.9. The summed E-state index contributed by atoms with van der Waals surface area (Å²) in [5.41, 5.74) is 5.33. The smallest absolute Gasteiger partial charge is 0.305 e. The Morgan fingerprint density at radius 1 is 1.47 bits per heavy atom. The molecule has 0 aromatic heterocycles. The van der Waals surface area contributed by atoms with Gasteiger partial charge in [-0.05, 0) is 12.8 Å². The Kier molecular flexibility index (Phi) is 4.47. The zero-order valence-electron chi connectivity index (χ0n) is 9.26. The van der Waals surface area contributed by atoms with Gasteiger partial charge in [-0.15, -0.1) is 0 Å². The molecule has 2 unspecified atom stereocenters. The normalized spacial score (nSPS) is 24.2. The number of nitrogens with two attached hydrogens (primary N) is 1. The maximum Gasteiger partial charge on any atom is 0.305 e. The average molecular weight is 264 g/mol. The van der Waals surface area contributed by atoms with Crippen molar-refractivity contribution in [2.45, 2.75) is 30.6 Å². The molecule has 1 aliphatic heterocycles. The molecule has 1 amide bonds. The van der Waals surface area contributed by atoms with Gasteiger partial charge in [0, 0.05) is 6.54 Å². The van der Waals surface area contributed by atoms with Gasteiger partial charge in [0.2, 0.25) is 5.91 Å². The molecule has 0 aromatic rings. The minimum absolute atomic E-state index is 0.00842. The first-order chi connectivity index (χ1) is 7.83. The van der Waals surface area contributed by atoms with Gasteiger partial charge in [0.05, 0.1) is 23.5 Å². The van der Waals surface area contributed by atoms with Crippen molar-refractivity contribution in [1.82, 2.24) is 5.32 Å². The zero-order chi connectivity index (χ0) is 13.1. The molecule has 0 spiro atoms. The number of carbonyl (C=O) groups is 2. The summed E-state index contributed by atoms with van der Waals surface area (Å²) in [6, 6.07) is -1.14. The first-order valence-electron chi connectivity index (χ1n) is 5.29. The highest BCUT2D eigenvalue weighted by atomic mass is 32.2. The molecule has 1 heterocycles. The van der Waals surface area contributed by atoms with Gasteiger partial charge in [0.25, 0.3) is 0 Å². The van der Waals surface area contributed by atoms with Crippen LogP contribution in [0.15, 0.2) is 0 Å². The van der Waals surface area contributed by atoms with Crippen LogP contribution in [-0.2, 0) is 19.4 Å². The van der Waals surface area contributed by atoms with Gasteiger partial charge < -0.3 is 16.2 Å². The van der Waals surface area contributed by atoms with Crippen LogP contribution in [0, 0.1) is 0 Å². The lowest BCUT2D eigenvalue weighted by molar-refractivity contribution is -0.139. The number of hydrogen-bond acceptors (Lipinski definition) is 5. The third-order valence-corrected chi connectivity index (χ3v) is 4.97. The number of hydrogen-bond donors (Lipinski definition) is 3. The third kappa shape index (κ3) is 3.97. The number of carbonyl (C=O) groups excluding carboxylic acids is 1. The van der Waals surface area contributed by atoms with Gasteiger partial charge in [0.15, 0.2) is 9.84 Å². The Balaban J connectivity index is 2.41. The van der Waals surface area contributed by atoms with Gasteiger partial charge in [0.1, 0.15) is 0 Å². The fourth-order valence-electron chi connectivity index (χ4n) is 1.71. The molecule has 1 rings (SSSR count). The van der Waals surface area contributed by atoms with Crippen LogP contribution in [0.2, 0.25) is 0 Å². The Morgan fingerprint density at radius 3 is 2.59 bits per heavy atom. The summed E-state index contributed by atoms with van der Waals surface area (Å²) in [5.74, 6) is -1.65. The molecular formula is C9H16N2O5S. The van der Waals surface area contributed by atoms with Crippen LogP contribution in [-0.4, -0.2) is 49.0 Å². The molecule has 0 aliphatic carbocycles. The van der Waals surface area contributed by atoms with E-state index in [2.05, 4.69) is 5.32 Å². The van der Waals surface area contributed by atoms with Crippen LogP contribution in [0.3, 0.4) is 0 Å². The van der Waals surface area contributed by atoms with Crippen LogP contribution >= 0.6 is 0 Å². The van der Waals surface area contributed by atoms with Crippen LogP contribution in [0.25, 0.3) is 0 Å². The molecule has 1 saturated heterocycles. The van der Waals surface area contributed by atoms with Crippen molar-refractivity contribution < 1.29 is 23.1 Å². The van der Waals surface area contributed by atoms with E-state index in [0.29, 0.717) is 12.8 Å². The molecule has 8 heteroatoms. The fraction of sp³-hybridized carbons (Fsp3) is 0.778. The van der Waals surface area contributed by atoms with E-state index in [0.717, 1.165) is 0 Å². The van der Waals surface area contributed by atoms with E-state index < -0.39 is 39.4 Å². The number of aliphatic carboxylic acids is 1. The number of rotatable bonds is 5. The lowest BCUT2D eigenvalue weighted by Gasteiger charge is -2.13. The average Bonchev–Trinajstić information content (AvgIpc) is 2.53. The van der Waals surface area contributed by atoms with Crippen molar-refractivity contribution >= 4 is 21.7 Å². The molecule has 0 radical (unpaired) electrons. The second kappa shape index (κ2) is 5.46. The minimum atomic E-state index is -3.10. The van der Waals surface area contributed by atoms with Crippen molar-refractivity contribution in [3.05, 3.63) is 0 Å². The zero-order valence-corrected chi connectivity index (χ0v) is 10.1. The molecule has 0 aromatic carbocycles. The maximum atomic E-state index is 11.4. The van der Waals surface area contributed by atoms with Crippen LogP contribution in [0.5, 0.6) is 0 Å². The van der Waals surface area contributed by atoms with Crippen LogP contribution < -0.4 is 11.1 Å².